The van der Waals surface area contributed by atoms with Crippen LogP contribution in [0.3, 0.4) is 0 Å². The van der Waals surface area contributed by atoms with Crippen molar-refractivity contribution in [3.05, 3.63) is 48.3 Å². The van der Waals surface area contributed by atoms with Crippen molar-refractivity contribution < 1.29 is 0 Å². The third-order valence-corrected chi connectivity index (χ3v) is 2.63. The number of hydrogen-bond acceptors (Lipinski definition) is 3. The van der Waals surface area contributed by atoms with E-state index in [1.54, 1.807) is 6.20 Å². The van der Waals surface area contributed by atoms with Crippen LogP contribution in [0.2, 0.25) is 0 Å². The minimum atomic E-state index is 0.407. The Bertz CT molecular complexity index is 450. The largest absolute Gasteiger partial charge is 0.336 e. The molecule has 0 radical (unpaired) electrons. The molecule has 90 valence electrons. The van der Waals surface area contributed by atoms with E-state index in [1.807, 2.05) is 24.9 Å². The summed E-state index contributed by atoms with van der Waals surface area (Å²) in [4.78, 5) is 8.21. The molecule has 1 N–H and O–H groups in total. The van der Waals surface area contributed by atoms with Gasteiger partial charge in [0.2, 0.25) is 0 Å². The number of rotatable bonds is 5. The normalized spacial score (nSPS) is 12.6. The van der Waals surface area contributed by atoms with Crippen LogP contribution in [0.5, 0.6) is 0 Å². The summed E-state index contributed by atoms with van der Waals surface area (Å²) in [6, 6.07) is 2.56. The predicted molar refractivity (Wildman–Crippen MR) is 67.5 cm³/mol. The zero-order valence-electron chi connectivity index (χ0n) is 10.3. The van der Waals surface area contributed by atoms with E-state index in [0.717, 1.165) is 13.1 Å². The van der Waals surface area contributed by atoms with Gasteiger partial charge in [-0.2, -0.15) is 0 Å². The molecule has 0 saturated heterocycles. The lowest BCUT2D eigenvalue weighted by Crippen LogP contribution is -2.29. The van der Waals surface area contributed by atoms with Gasteiger partial charge in [0.05, 0.1) is 6.33 Å². The molecule has 0 aliphatic carbocycles. The number of aryl methyl sites for hydroxylation is 1. The Morgan fingerprint density at radius 1 is 1.35 bits per heavy atom. The number of aromatic nitrogens is 3. The summed E-state index contributed by atoms with van der Waals surface area (Å²) < 4.78 is 2.08. The molecule has 17 heavy (non-hydrogen) atoms. The molecule has 2 aromatic rings. The van der Waals surface area contributed by atoms with Gasteiger partial charge in [-0.25, -0.2) is 4.98 Å². The SMILES string of the molecule is Cc1cncc(CNC(C)Cn2ccnc2)c1. The highest BCUT2D eigenvalue weighted by molar-refractivity contribution is 5.16. The minimum Gasteiger partial charge on any atom is -0.336 e. The molecule has 0 bridgehead atoms. The number of nitrogens with one attached hydrogen (secondary N) is 1. The maximum absolute atomic E-state index is 4.18. The third-order valence-electron chi connectivity index (χ3n) is 2.63. The average molecular weight is 230 g/mol. The highest BCUT2D eigenvalue weighted by Gasteiger charge is 2.02. The van der Waals surface area contributed by atoms with Crippen LogP contribution < -0.4 is 5.32 Å². The molecule has 1 atom stereocenters. The van der Waals surface area contributed by atoms with Gasteiger partial charge in [-0.15, -0.1) is 0 Å². The van der Waals surface area contributed by atoms with Crippen LogP contribution in [-0.4, -0.2) is 20.6 Å². The van der Waals surface area contributed by atoms with Crippen LogP contribution in [0.1, 0.15) is 18.1 Å². The Morgan fingerprint density at radius 3 is 2.94 bits per heavy atom. The standard InChI is InChI=1S/C13H18N4/c1-11-5-13(7-15-6-11)8-16-12(2)9-17-4-3-14-10-17/h3-7,10,12,16H,8-9H2,1-2H3. The van der Waals surface area contributed by atoms with E-state index < -0.39 is 0 Å². The van der Waals surface area contributed by atoms with E-state index in [0.29, 0.717) is 6.04 Å². The summed E-state index contributed by atoms with van der Waals surface area (Å²) >= 11 is 0. The average Bonchev–Trinajstić information content (AvgIpc) is 2.79. The van der Waals surface area contributed by atoms with Crippen LogP contribution in [0.4, 0.5) is 0 Å². The maximum Gasteiger partial charge on any atom is 0.0946 e. The quantitative estimate of drug-likeness (QED) is 0.851. The number of hydrogen-bond donors (Lipinski definition) is 1. The lowest BCUT2D eigenvalue weighted by Gasteiger charge is -2.14. The Morgan fingerprint density at radius 2 is 2.24 bits per heavy atom. The molecule has 0 amide bonds. The van der Waals surface area contributed by atoms with E-state index in [9.17, 15) is 0 Å². The Kier molecular flexibility index (Phi) is 3.88. The first-order chi connectivity index (χ1) is 8.24. The molecule has 0 saturated carbocycles. The zero-order valence-corrected chi connectivity index (χ0v) is 10.3. The molecule has 0 aliphatic rings. The monoisotopic (exact) mass is 230 g/mol. The van der Waals surface area contributed by atoms with Gasteiger partial charge in [0.15, 0.2) is 0 Å². The first-order valence-electron chi connectivity index (χ1n) is 5.83. The van der Waals surface area contributed by atoms with Crippen molar-refractivity contribution in [1.82, 2.24) is 19.9 Å². The van der Waals surface area contributed by atoms with Gasteiger partial charge in [-0.05, 0) is 25.0 Å². The first-order valence-corrected chi connectivity index (χ1v) is 5.83. The topological polar surface area (TPSA) is 42.7 Å². The smallest absolute Gasteiger partial charge is 0.0946 e. The molecule has 0 aliphatic heterocycles. The summed E-state index contributed by atoms with van der Waals surface area (Å²) in [5, 5.41) is 3.48. The molecular weight excluding hydrogens is 212 g/mol. The second-order valence-electron chi connectivity index (χ2n) is 4.41. The molecule has 4 nitrogen and oxygen atoms in total. The number of pyridine rings is 1. The van der Waals surface area contributed by atoms with Crippen molar-refractivity contribution in [3.8, 4) is 0 Å². The van der Waals surface area contributed by atoms with Gasteiger partial charge in [0, 0.05) is 43.9 Å². The van der Waals surface area contributed by atoms with E-state index in [2.05, 4.69) is 39.8 Å². The predicted octanol–water partition coefficient (Wildman–Crippen LogP) is 1.76. The maximum atomic E-state index is 4.18. The Labute approximate surface area is 102 Å². The Hall–Kier alpha value is -1.68. The van der Waals surface area contributed by atoms with E-state index in [1.165, 1.54) is 11.1 Å². The summed E-state index contributed by atoms with van der Waals surface area (Å²) in [6.45, 7) is 6.01. The van der Waals surface area contributed by atoms with E-state index in [-0.39, 0.29) is 0 Å². The van der Waals surface area contributed by atoms with Crippen LogP contribution in [0, 0.1) is 6.92 Å². The summed E-state index contributed by atoms with van der Waals surface area (Å²) in [6.07, 6.45) is 9.40. The molecule has 0 fully saturated rings. The molecule has 4 heteroatoms. The fourth-order valence-corrected chi connectivity index (χ4v) is 1.78. The van der Waals surface area contributed by atoms with Gasteiger partial charge in [0.25, 0.3) is 0 Å². The van der Waals surface area contributed by atoms with Gasteiger partial charge >= 0.3 is 0 Å². The van der Waals surface area contributed by atoms with Crippen molar-refractivity contribution in [2.75, 3.05) is 0 Å². The molecule has 1 unspecified atom stereocenters. The molecule has 2 heterocycles. The van der Waals surface area contributed by atoms with Crippen LogP contribution >= 0.6 is 0 Å². The van der Waals surface area contributed by atoms with Crippen LogP contribution in [0.25, 0.3) is 0 Å². The molecule has 2 rings (SSSR count). The van der Waals surface area contributed by atoms with Crippen molar-refractivity contribution >= 4 is 0 Å². The zero-order chi connectivity index (χ0) is 12.1. The molecule has 0 aromatic carbocycles. The van der Waals surface area contributed by atoms with Gasteiger partial charge in [-0.1, -0.05) is 6.07 Å². The second-order valence-corrected chi connectivity index (χ2v) is 4.41. The lowest BCUT2D eigenvalue weighted by atomic mass is 10.2. The second kappa shape index (κ2) is 5.59. The van der Waals surface area contributed by atoms with Gasteiger partial charge in [-0.3, -0.25) is 4.98 Å². The number of nitrogens with zero attached hydrogens (tertiary/aromatic N) is 3. The molecule has 2 aromatic heterocycles. The van der Waals surface area contributed by atoms with Crippen LogP contribution in [0.15, 0.2) is 37.2 Å². The summed E-state index contributed by atoms with van der Waals surface area (Å²) in [5.74, 6) is 0. The lowest BCUT2D eigenvalue weighted by molar-refractivity contribution is 0.476. The minimum absolute atomic E-state index is 0.407. The van der Waals surface area contributed by atoms with Gasteiger partial charge in [0.1, 0.15) is 0 Å². The van der Waals surface area contributed by atoms with Crippen molar-refractivity contribution in [1.29, 1.82) is 0 Å². The fraction of sp³-hybridized carbons (Fsp3) is 0.385. The van der Waals surface area contributed by atoms with E-state index >= 15 is 0 Å². The van der Waals surface area contributed by atoms with Crippen molar-refractivity contribution in [3.63, 3.8) is 0 Å². The Balaban J connectivity index is 1.82. The van der Waals surface area contributed by atoms with Crippen molar-refractivity contribution in [2.24, 2.45) is 0 Å². The number of imidazole rings is 1. The fourth-order valence-electron chi connectivity index (χ4n) is 1.78. The highest BCUT2D eigenvalue weighted by Crippen LogP contribution is 2.01. The molecular formula is C13H18N4. The first kappa shape index (κ1) is 11.8. The van der Waals surface area contributed by atoms with E-state index in [4.69, 9.17) is 0 Å². The van der Waals surface area contributed by atoms with Crippen molar-refractivity contribution in [2.45, 2.75) is 33.0 Å². The third kappa shape index (κ3) is 3.67. The molecule has 0 spiro atoms. The highest BCUT2D eigenvalue weighted by atomic mass is 15.1. The summed E-state index contributed by atoms with van der Waals surface area (Å²) in [7, 11) is 0. The summed E-state index contributed by atoms with van der Waals surface area (Å²) in [5.41, 5.74) is 2.43. The van der Waals surface area contributed by atoms with Gasteiger partial charge < -0.3 is 9.88 Å². The van der Waals surface area contributed by atoms with Crippen LogP contribution in [-0.2, 0) is 13.1 Å².